The number of likely N-dealkylation sites (tertiary alicyclic amines) is 1. The van der Waals surface area contributed by atoms with Gasteiger partial charge in [0.2, 0.25) is 5.91 Å². The molecule has 22 heteroatoms. The molecule has 1 amide bonds. The van der Waals surface area contributed by atoms with Gasteiger partial charge in [0.05, 0.1) is 24.2 Å². The van der Waals surface area contributed by atoms with Gasteiger partial charge in [0, 0.05) is 61.6 Å². The van der Waals surface area contributed by atoms with E-state index in [0.717, 1.165) is 56.9 Å². The molecule has 304 valence electrons. The smallest absolute Gasteiger partial charge is 0.416 e. The van der Waals surface area contributed by atoms with Crippen molar-refractivity contribution in [3.05, 3.63) is 83.5 Å². The fraction of sp³-hybridized carbons (Fsp3) is 0.353. The van der Waals surface area contributed by atoms with E-state index in [0.29, 0.717) is 17.7 Å². The van der Waals surface area contributed by atoms with Gasteiger partial charge in [0.25, 0.3) is 11.8 Å². The Labute approximate surface area is 318 Å². The zero-order chi connectivity index (χ0) is 40.8. The predicted molar refractivity (Wildman–Crippen MR) is 185 cm³/mol. The summed E-state index contributed by atoms with van der Waals surface area (Å²) in [6, 6.07) is 6.98. The van der Waals surface area contributed by atoms with Gasteiger partial charge >= 0.3 is 18.3 Å². The van der Waals surface area contributed by atoms with Gasteiger partial charge in [-0.25, -0.2) is 41.7 Å². The number of aromatic nitrogens is 6. The van der Waals surface area contributed by atoms with Crippen molar-refractivity contribution >= 4 is 36.7 Å². The Hall–Kier alpha value is -5.31. The number of amides is 1. The number of hydrogen-bond acceptors (Lipinski definition) is 7. The molecular formula is C34H33ClF10N8O3. The number of carboxylic acid groups (broad SMARTS) is 1. The fourth-order valence-electron chi connectivity index (χ4n) is 5.05. The van der Waals surface area contributed by atoms with Gasteiger partial charge in [-0.1, -0.05) is 0 Å². The number of aliphatic carboxylic acids is 1. The molecule has 2 fully saturated rings. The van der Waals surface area contributed by atoms with Crippen LogP contribution in [0.2, 0.25) is 0 Å². The highest BCUT2D eigenvalue weighted by Crippen LogP contribution is 2.34. The number of nitrogens with zero attached hydrogens (tertiary/aromatic N) is 7. The molecule has 0 aliphatic carbocycles. The van der Waals surface area contributed by atoms with E-state index >= 15 is 0 Å². The average molecular weight is 827 g/mol. The number of carboxylic acids is 1. The minimum Gasteiger partial charge on any atom is -0.478 e. The number of halogens is 11. The molecule has 4 heterocycles. The maximum absolute atomic E-state index is 13.1. The Bertz CT molecular complexity index is 2040. The second-order valence-electron chi connectivity index (χ2n) is 12.4. The zero-order valence-corrected chi connectivity index (χ0v) is 30.1. The van der Waals surface area contributed by atoms with Crippen molar-refractivity contribution in [2.75, 3.05) is 26.2 Å². The highest BCUT2D eigenvalue weighted by atomic mass is 35.5. The summed E-state index contributed by atoms with van der Waals surface area (Å²) in [6.07, 6.45) is -2.62. The van der Waals surface area contributed by atoms with E-state index in [9.17, 15) is 53.5 Å². The predicted octanol–water partition coefficient (Wildman–Crippen LogP) is 7.48. The molecule has 0 bridgehead atoms. The molecule has 0 unspecified atom stereocenters. The topological polar surface area (TPSA) is 131 Å². The number of aryl methyl sites for hydroxylation is 2. The summed E-state index contributed by atoms with van der Waals surface area (Å²) in [5, 5.41) is 19.0. The molecule has 6 rings (SSSR count). The SMILES string of the molecule is Cc1cc(-c2ncn(/C=C\C(=O)N3CCC(F)(F)C3)n2)cc(C(F)(F)F)c1.Cc1cc(-c2ncn(/C=C\C(=O)O)n2)cc(C(F)(F)F)c1.Cl.FC1(F)CCNC1. The van der Waals surface area contributed by atoms with Crippen LogP contribution in [0, 0.1) is 13.8 Å². The summed E-state index contributed by atoms with van der Waals surface area (Å²) in [5.74, 6) is -6.93. The molecule has 0 atom stereocenters. The van der Waals surface area contributed by atoms with Crippen molar-refractivity contribution in [3.8, 4) is 22.8 Å². The third-order valence-corrected chi connectivity index (χ3v) is 7.61. The molecule has 4 aromatic rings. The number of nitrogens with one attached hydrogen (secondary N) is 1. The van der Waals surface area contributed by atoms with Gasteiger partial charge in [0.1, 0.15) is 12.7 Å². The van der Waals surface area contributed by atoms with Crippen molar-refractivity contribution in [2.24, 2.45) is 0 Å². The summed E-state index contributed by atoms with van der Waals surface area (Å²) < 4.78 is 129. The van der Waals surface area contributed by atoms with Crippen LogP contribution < -0.4 is 5.32 Å². The van der Waals surface area contributed by atoms with E-state index < -0.39 is 53.7 Å². The molecule has 2 N–H and O–H groups in total. The molecule has 2 aromatic heterocycles. The van der Waals surface area contributed by atoms with Crippen LogP contribution in [0.25, 0.3) is 35.2 Å². The lowest BCUT2D eigenvalue weighted by Gasteiger charge is -2.13. The zero-order valence-electron chi connectivity index (χ0n) is 29.3. The first-order chi connectivity index (χ1) is 25.5. The van der Waals surface area contributed by atoms with E-state index in [1.54, 1.807) is 6.92 Å². The normalized spacial score (nSPS) is 16.2. The number of hydrogen-bond donors (Lipinski definition) is 2. The van der Waals surface area contributed by atoms with Crippen molar-refractivity contribution in [3.63, 3.8) is 0 Å². The Morgan fingerprint density at radius 3 is 1.59 bits per heavy atom. The Kier molecular flexibility index (Phi) is 14.6. The molecule has 56 heavy (non-hydrogen) atoms. The first-order valence-electron chi connectivity index (χ1n) is 16.1. The molecule has 0 radical (unpaired) electrons. The first kappa shape index (κ1) is 45.1. The van der Waals surface area contributed by atoms with E-state index in [4.69, 9.17) is 5.11 Å². The minimum absolute atomic E-state index is 0. The quantitative estimate of drug-likeness (QED) is 0.151. The fourth-order valence-corrected chi connectivity index (χ4v) is 5.05. The third-order valence-electron chi connectivity index (χ3n) is 7.61. The van der Waals surface area contributed by atoms with Crippen LogP contribution in [-0.2, 0) is 21.9 Å². The van der Waals surface area contributed by atoms with Crippen molar-refractivity contribution in [1.29, 1.82) is 0 Å². The van der Waals surface area contributed by atoms with Crippen LogP contribution in [0.4, 0.5) is 43.9 Å². The number of benzene rings is 2. The summed E-state index contributed by atoms with van der Waals surface area (Å²) in [6.45, 7) is 2.73. The van der Waals surface area contributed by atoms with Gasteiger partial charge in [0.15, 0.2) is 11.6 Å². The Balaban J connectivity index is 0.000000257. The van der Waals surface area contributed by atoms with Crippen molar-refractivity contribution < 1.29 is 58.6 Å². The van der Waals surface area contributed by atoms with Crippen LogP contribution in [0.3, 0.4) is 0 Å². The summed E-state index contributed by atoms with van der Waals surface area (Å²) in [5.41, 5.74) is -0.372. The summed E-state index contributed by atoms with van der Waals surface area (Å²) >= 11 is 0. The molecule has 2 aliphatic heterocycles. The van der Waals surface area contributed by atoms with Crippen LogP contribution in [-0.4, -0.2) is 89.4 Å². The van der Waals surface area contributed by atoms with Gasteiger partial charge < -0.3 is 15.3 Å². The number of alkyl halides is 10. The summed E-state index contributed by atoms with van der Waals surface area (Å²) in [7, 11) is 0. The molecule has 0 saturated carbocycles. The Morgan fingerprint density at radius 2 is 1.23 bits per heavy atom. The molecular weight excluding hydrogens is 794 g/mol. The van der Waals surface area contributed by atoms with Crippen molar-refractivity contribution in [1.82, 2.24) is 39.7 Å². The van der Waals surface area contributed by atoms with E-state index in [1.807, 2.05) is 0 Å². The van der Waals surface area contributed by atoms with Crippen LogP contribution in [0.15, 0.2) is 61.2 Å². The first-order valence-corrected chi connectivity index (χ1v) is 16.1. The maximum atomic E-state index is 13.1. The summed E-state index contributed by atoms with van der Waals surface area (Å²) in [4.78, 5) is 31.1. The average Bonchev–Trinajstić information content (AvgIpc) is 3.90. The van der Waals surface area contributed by atoms with Crippen LogP contribution >= 0.6 is 12.4 Å². The second-order valence-corrected chi connectivity index (χ2v) is 12.4. The van der Waals surface area contributed by atoms with E-state index in [2.05, 4.69) is 25.5 Å². The largest absolute Gasteiger partial charge is 0.478 e. The van der Waals surface area contributed by atoms with Crippen LogP contribution in [0.1, 0.15) is 35.1 Å². The lowest BCUT2D eigenvalue weighted by Crippen LogP contribution is -2.29. The van der Waals surface area contributed by atoms with Gasteiger partial charge in [-0.15, -0.1) is 22.6 Å². The molecule has 11 nitrogen and oxygen atoms in total. The second kappa shape index (κ2) is 18.1. The number of carbonyl (C=O) groups excluding carboxylic acids is 1. The number of carbonyl (C=O) groups is 2. The lowest BCUT2D eigenvalue weighted by molar-refractivity contribution is -0.138. The standard InChI is InChI=1S/C17H15F5N4O.C13H10F3N3O2.C4H7F2N.ClH/c1-11-6-12(8-13(7-11)17(20,21)22)15-23-10-26(24-15)4-2-14(27)25-5-3-16(18,19)9-25;1-8-4-9(6-10(5-8)13(14,15)16)12-17-7-19(18-12)3-2-11(20)21;5-4(6)1-2-7-3-4;/h2,4,6-8,10H,3,5,9H2,1H3;2-7H,1H3,(H,20,21);7H,1-3H2;1H/b4-2-;3-2-;;. The van der Waals surface area contributed by atoms with Gasteiger partial charge in [-0.3, -0.25) is 4.79 Å². The van der Waals surface area contributed by atoms with E-state index in [1.165, 1.54) is 37.9 Å². The molecule has 2 saturated heterocycles. The van der Waals surface area contributed by atoms with Gasteiger partial charge in [-0.2, -0.15) is 26.3 Å². The molecule has 0 spiro atoms. The van der Waals surface area contributed by atoms with E-state index in [-0.39, 0.29) is 61.1 Å². The Morgan fingerprint density at radius 1 is 0.750 bits per heavy atom. The molecule has 2 aromatic carbocycles. The van der Waals surface area contributed by atoms with Crippen molar-refractivity contribution in [2.45, 2.75) is 50.9 Å². The number of rotatable bonds is 6. The van der Waals surface area contributed by atoms with Gasteiger partial charge in [-0.05, 0) is 61.4 Å². The highest BCUT2D eigenvalue weighted by Gasteiger charge is 2.39. The monoisotopic (exact) mass is 826 g/mol. The van der Waals surface area contributed by atoms with Crippen LogP contribution in [0.5, 0.6) is 0 Å². The molecule has 2 aliphatic rings. The highest BCUT2D eigenvalue weighted by molar-refractivity contribution is 5.90. The lowest BCUT2D eigenvalue weighted by atomic mass is 10.1. The third kappa shape index (κ3) is 13.5. The maximum Gasteiger partial charge on any atom is 0.416 e. The minimum atomic E-state index is -4.49.